The molecule has 9 heteroatoms. The third-order valence-corrected chi connectivity index (χ3v) is 5.45. The van der Waals surface area contributed by atoms with Crippen molar-refractivity contribution in [2.24, 2.45) is 0 Å². The summed E-state index contributed by atoms with van der Waals surface area (Å²) in [6.45, 7) is 7.67. The number of sulfonamides is 1. The number of hydrogen-bond acceptors (Lipinski definition) is 5. The molecule has 0 saturated carbocycles. The second-order valence-corrected chi connectivity index (χ2v) is 8.76. The first-order chi connectivity index (χ1) is 14.3. The summed E-state index contributed by atoms with van der Waals surface area (Å²) >= 11 is 0. The minimum absolute atomic E-state index is 0.334. The fourth-order valence-electron chi connectivity index (χ4n) is 3.29. The molecule has 0 saturated heterocycles. The first kappa shape index (κ1) is 21.8. The molecule has 0 fully saturated rings. The van der Waals surface area contributed by atoms with Crippen LogP contribution in [0.15, 0.2) is 48.5 Å². The van der Waals surface area contributed by atoms with Crippen molar-refractivity contribution in [2.75, 3.05) is 35.9 Å². The normalized spacial score (nSPS) is 11.7. The Balaban J connectivity index is 1.87. The summed E-state index contributed by atoms with van der Waals surface area (Å²) in [5.41, 5.74) is 2.43. The number of carbonyl (C=O) groups excluding carboxylic acids is 1. The highest BCUT2D eigenvalue weighted by molar-refractivity contribution is 7.92. The van der Waals surface area contributed by atoms with Gasteiger partial charge < -0.3 is 9.47 Å². The molecule has 3 aromatic rings. The number of anilines is 2. The van der Waals surface area contributed by atoms with Gasteiger partial charge in [0.2, 0.25) is 16.0 Å². The van der Waals surface area contributed by atoms with E-state index in [-0.39, 0.29) is 5.91 Å². The number of benzene rings is 2. The fourth-order valence-corrected chi connectivity index (χ4v) is 3.85. The van der Waals surface area contributed by atoms with E-state index >= 15 is 0 Å². The molecule has 160 valence electrons. The summed E-state index contributed by atoms with van der Waals surface area (Å²) < 4.78 is 27.3. The lowest BCUT2D eigenvalue weighted by Gasteiger charge is -2.19. The molecule has 1 aromatic heterocycles. The second kappa shape index (κ2) is 9.27. The van der Waals surface area contributed by atoms with Crippen LogP contribution in [0.5, 0.6) is 0 Å². The average molecular weight is 430 g/mol. The first-order valence-corrected chi connectivity index (χ1v) is 11.8. The van der Waals surface area contributed by atoms with Gasteiger partial charge in [0.05, 0.1) is 17.3 Å². The quantitative estimate of drug-likeness (QED) is 0.545. The van der Waals surface area contributed by atoms with Gasteiger partial charge in [-0.2, -0.15) is 0 Å². The zero-order valence-electron chi connectivity index (χ0n) is 17.4. The number of amides is 1. The molecule has 0 atom stereocenters. The van der Waals surface area contributed by atoms with Gasteiger partial charge in [0, 0.05) is 24.3 Å². The van der Waals surface area contributed by atoms with E-state index in [0.717, 1.165) is 36.9 Å². The van der Waals surface area contributed by atoms with Crippen molar-refractivity contribution in [3.63, 3.8) is 0 Å². The van der Waals surface area contributed by atoms with Crippen molar-refractivity contribution in [3.8, 4) is 0 Å². The van der Waals surface area contributed by atoms with Crippen LogP contribution in [0.4, 0.5) is 11.6 Å². The van der Waals surface area contributed by atoms with Crippen LogP contribution in [0.3, 0.4) is 0 Å². The molecule has 0 bridgehead atoms. The van der Waals surface area contributed by atoms with Gasteiger partial charge in [0.15, 0.2) is 0 Å². The Kier molecular flexibility index (Phi) is 6.73. The van der Waals surface area contributed by atoms with Crippen molar-refractivity contribution in [3.05, 3.63) is 54.1 Å². The van der Waals surface area contributed by atoms with Gasteiger partial charge in [-0.3, -0.25) is 14.8 Å². The standard InChI is InChI=1S/C21H27N5O3S/c1-4-25(5-2)13-14-26-19-12-7-6-11-18(19)22-21(26)23-20(27)16-9-8-10-17(15-16)24-30(3,28)29/h6-12,15,24H,4-5,13-14H2,1-3H3,(H,22,23,27). The predicted octanol–water partition coefficient (Wildman–Crippen LogP) is 3.00. The molecule has 0 aliphatic heterocycles. The largest absolute Gasteiger partial charge is 0.309 e. The summed E-state index contributed by atoms with van der Waals surface area (Å²) in [7, 11) is -3.43. The van der Waals surface area contributed by atoms with Crippen molar-refractivity contribution in [1.82, 2.24) is 14.5 Å². The van der Waals surface area contributed by atoms with Crippen molar-refractivity contribution >= 4 is 38.6 Å². The van der Waals surface area contributed by atoms with Gasteiger partial charge in [-0.15, -0.1) is 0 Å². The molecule has 2 N–H and O–H groups in total. The Labute approximate surface area is 177 Å². The maximum Gasteiger partial charge on any atom is 0.258 e. The van der Waals surface area contributed by atoms with Crippen LogP contribution in [0.2, 0.25) is 0 Å². The molecule has 2 aromatic carbocycles. The summed E-state index contributed by atoms with van der Waals surface area (Å²) in [6.07, 6.45) is 1.07. The van der Waals surface area contributed by atoms with E-state index in [1.807, 2.05) is 28.8 Å². The smallest absolute Gasteiger partial charge is 0.258 e. The number of imidazole rings is 1. The maximum atomic E-state index is 12.9. The van der Waals surface area contributed by atoms with E-state index in [2.05, 4.69) is 33.8 Å². The number of para-hydroxylation sites is 2. The zero-order valence-corrected chi connectivity index (χ0v) is 18.2. The van der Waals surface area contributed by atoms with Crippen LogP contribution < -0.4 is 10.0 Å². The number of likely N-dealkylation sites (N-methyl/N-ethyl adjacent to an activating group) is 1. The number of carbonyl (C=O) groups is 1. The predicted molar refractivity (Wildman–Crippen MR) is 120 cm³/mol. The highest BCUT2D eigenvalue weighted by atomic mass is 32.2. The number of rotatable bonds is 9. The van der Waals surface area contributed by atoms with E-state index in [9.17, 15) is 13.2 Å². The van der Waals surface area contributed by atoms with Gasteiger partial charge >= 0.3 is 0 Å². The Morgan fingerprint density at radius 2 is 1.83 bits per heavy atom. The van der Waals surface area contributed by atoms with Crippen LogP contribution in [0.1, 0.15) is 24.2 Å². The maximum absolute atomic E-state index is 12.9. The molecule has 0 aliphatic carbocycles. The monoisotopic (exact) mass is 429 g/mol. The van der Waals surface area contributed by atoms with E-state index in [1.54, 1.807) is 18.2 Å². The Morgan fingerprint density at radius 1 is 1.10 bits per heavy atom. The van der Waals surface area contributed by atoms with Crippen molar-refractivity contribution < 1.29 is 13.2 Å². The minimum atomic E-state index is -3.43. The molecule has 0 aliphatic rings. The molecule has 1 heterocycles. The summed E-state index contributed by atoms with van der Waals surface area (Å²) in [5, 5.41) is 2.88. The highest BCUT2D eigenvalue weighted by Gasteiger charge is 2.15. The van der Waals surface area contributed by atoms with Crippen molar-refractivity contribution in [1.29, 1.82) is 0 Å². The van der Waals surface area contributed by atoms with Gasteiger partial charge in [0.1, 0.15) is 0 Å². The van der Waals surface area contributed by atoms with E-state index in [4.69, 9.17) is 0 Å². The molecular weight excluding hydrogens is 402 g/mol. The van der Waals surface area contributed by atoms with Gasteiger partial charge in [-0.05, 0) is 43.4 Å². The van der Waals surface area contributed by atoms with Gasteiger partial charge in [0.25, 0.3) is 5.91 Å². The summed E-state index contributed by atoms with van der Waals surface area (Å²) in [6, 6.07) is 14.1. The molecule has 0 radical (unpaired) electrons. The Bertz CT molecular complexity index is 1140. The molecular formula is C21H27N5O3S. The number of nitrogens with zero attached hydrogens (tertiary/aromatic N) is 3. The molecule has 1 amide bonds. The third kappa shape index (κ3) is 5.37. The number of nitrogens with one attached hydrogen (secondary N) is 2. The first-order valence-electron chi connectivity index (χ1n) is 9.87. The highest BCUT2D eigenvalue weighted by Crippen LogP contribution is 2.21. The van der Waals surface area contributed by atoms with Crippen LogP contribution in [-0.2, 0) is 16.6 Å². The molecule has 0 unspecified atom stereocenters. The van der Waals surface area contributed by atoms with E-state index in [1.165, 1.54) is 6.07 Å². The van der Waals surface area contributed by atoms with Gasteiger partial charge in [-0.1, -0.05) is 32.0 Å². The fraction of sp³-hybridized carbons (Fsp3) is 0.333. The van der Waals surface area contributed by atoms with Crippen LogP contribution in [0.25, 0.3) is 11.0 Å². The third-order valence-electron chi connectivity index (χ3n) is 4.84. The summed E-state index contributed by atoms with van der Waals surface area (Å²) in [5.74, 6) is 0.112. The van der Waals surface area contributed by atoms with Crippen molar-refractivity contribution in [2.45, 2.75) is 20.4 Å². The minimum Gasteiger partial charge on any atom is -0.309 e. The lowest BCUT2D eigenvalue weighted by molar-refractivity contribution is 0.102. The van der Waals surface area contributed by atoms with Crippen LogP contribution in [0, 0.1) is 0 Å². The van der Waals surface area contributed by atoms with E-state index in [0.29, 0.717) is 23.7 Å². The number of hydrogen-bond donors (Lipinski definition) is 2. The number of aromatic nitrogens is 2. The SMILES string of the molecule is CCN(CC)CCn1c(NC(=O)c2cccc(NS(C)(=O)=O)c2)nc2ccccc21. The zero-order chi connectivity index (χ0) is 21.7. The Hall–Kier alpha value is -2.91. The van der Waals surface area contributed by atoms with Crippen LogP contribution >= 0.6 is 0 Å². The number of fused-ring (bicyclic) bond motifs is 1. The van der Waals surface area contributed by atoms with Gasteiger partial charge in [-0.25, -0.2) is 13.4 Å². The molecule has 3 rings (SSSR count). The Morgan fingerprint density at radius 3 is 2.53 bits per heavy atom. The average Bonchev–Trinajstić information content (AvgIpc) is 3.05. The molecule has 8 nitrogen and oxygen atoms in total. The molecule has 30 heavy (non-hydrogen) atoms. The second-order valence-electron chi connectivity index (χ2n) is 7.01. The lowest BCUT2D eigenvalue weighted by Crippen LogP contribution is -2.27. The lowest BCUT2D eigenvalue weighted by atomic mass is 10.2. The molecule has 0 spiro atoms. The summed E-state index contributed by atoms with van der Waals surface area (Å²) in [4.78, 5) is 19.8. The topological polar surface area (TPSA) is 96.3 Å². The van der Waals surface area contributed by atoms with E-state index < -0.39 is 10.0 Å². The van der Waals surface area contributed by atoms with Crippen LogP contribution in [-0.4, -0.2) is 54.7 Å².